The van der Waals surface area contributed by atoms with Gasteiger partial charge < -0.3 is 16.4 Å². The number of nitrogens with zero attached hydrogens (tertiary/aromatic N) is 3. The second-order valence-corrected chi connectivity index (χ2v) is 2.90. The summed E-state index contributed by atoms with van der Waals surface area (Å²) in [5.41, 5.74) is 11.2. The number of rotatable bonds is 3. The predicted molar refractivity (Wildman–Crippen MR) is 50.1 cm³/mol. The van der Waals surface area contributed by atoms with Gasteiger partial charge in [-0.1, -0.05) is 0 Å². The Morgan fingerprint density at radius 3 is 2.77 bits per heavy atom. The van der Waals surface area contributed by atoms with E-state index in [0.717, 1.165) is 0 Å². The molecule has 1 rings (SSSR count). The molecular formula is C7H13N5O. The molecule has 72 valence electrons. The first-order chi connectivity index (χ1) is 6.00. The molecular weight excluding hydrogens is 170 g/mol. The van der Waals surface area contributed by atoms with Crippen LogP contribution >= 0.6 is 0 Å². The van der Waals surface area contributed by atoms with Crippen molar-refractivity contribution in [3.05, 3.63) is 6.20 Å². The molecule has 0 atom stereocenters. The van der Waals surface area contributed by atoms with E-state index in [4.69, 9.17) is 11.5 Å². The molecule has 0 radical (unpaired) electrons. The fourth-order valence-electron chi connectivity index (χ4n) is 1.10. The van der Waals surface area contributed by atoms with Gasteiger partial charge in [0, 0.05) is 20.3 Å². The lowest BCUT2D eigenvalue weighted by Gasteiger charge is -2.13. The number of primary amides is 1. The van der Waals surface area contributed by atoms with Gasteiger partial charge in [-0.15, -0.1) is 0 Å². The van der Waals surface area contributed by atoms with Crippen molar-refractivity contribution in [1.29, 1.82) is 0 Å². The number of carbonyl (C=O) groups excluding carboxylic acids is 1. The molecule has 0 unspecified atom stereocenters. The van der Waals surface area contributed by atoms with E-state index in [1.165, 1.54) is 0 Å². The first-order valence-corrected chi connectivity index (χ1v) is 3.79. The fraction of sp³-hybridized carbons (Fsp3) is 0.429. The Morgan fingerprint density at radius 2 is 2.38 bits per heavy atom. The zero-order chi connectivity index (χ0) is 10.0. The van der Waals surface area contributed by atoms with Gasteiger partial charge in [-0.3, -0.25) is 9.48 Å². The lowest BCUT2D eigenvalue weighted by atomic mass is 10.4. The largest absolute Gasteiger partial charge is 0.394 e. The fourth-order valence-corrected chi connectivity index (χ4v) is 1.10. The summed E-state index contributed by atoms with van der Waals surface area (Å²) in [6.07, 6.45) is 1.67. The predicted octanol–water partition coefficient (Wildman–Crippen LogP) is -1.08. The van der Waals surface area contributed by atoms with Crippen molar-refractivity contribution in [2.24, 2.45) is 12.8 Å². The van der Waals surface area contributed by atoms with Crippen molar-refractivity contribution in [1.82, 2.24) is 9.78 Å². The van der Waals surface area contributed by atoms with Crippen molar-refractivity contribution < 1.29 is 4.79 Å². The molecule has 13 heavy (non-hydrogen) atoms. The normalized spacial score (nSPS) is 10.0. The van der Waals surface area contributed by atoms with E-state index in [1.807, 2.05) is 0 Å². The molecule has 1 heterocycles. The number of likely N-dealkylation sites (N-methyl/N-ethyl adjacent to an activating group) is 1. The van der Waals surface area contributed by atoms with E-state index in [1.54, 1.807) is 29.9 Å². The minimum atomic E-state index is -0.410. The van der Waals surface area contributed by atoms with Crippen molar-refractivity contribution in [3.63, 3.8) is 0 Å². The van der Waals surface area contributed by atoms with Crippen molar-refractivity contribution in [2.75, 3.05) is 24.2 Å². The standard InChI is InChI=1S/C7H13N5O/c1-11(4-6(9)13)7-5(8)3-12(2)10-7/h3H,4,8H2,1-2H3,(H2,9,13). The van der Waals surface area contributed by atoms with Gasteiger partial charge in [0.05, 0.1) is 12.2 Å². The molecule has 0 aliphatic heterocycles. The maximum Gasteiger partial charge on any atom is 0.236 e. The molecule has 0 fully saturated rings. The van der Waals surface area contributed by atoms with Crippen LogP contribution in [-0.4, -0.2) is 29.3 Å². The lowest BCUT2D eigenvalue weighted by molar-refractivity contribution is -0.116. The van der Waals surface area contributed by atoms with Gasteiger partial charge in [0.1, 0.15) is 0 Å². The van der Waals surface area contributed by atoms with Crippen LogP contribution in [0.2, 0.25) is 0 Å². The van der Waals surface area contributed by atoms with Crippen molar-refractivity contribution in [3.8, 4) is 0 Å². The summed E-state index contributed by atoms with van der Waals surface area (Å²) >= 11 is 0. The first-order valence-electron chi connectivity index (χ1n) is 3.79. The zero-order valence-corrected chi connectivity index (χ0v) is 7.69. The van der Waals surface area contributed by atoms with Crippen LogP contribution in [0.5, 0.6) is 0 Å². The van der Waals surface area contributed by atoms with Crippen LogP contribution in [0.15, 0.2) is 6.20 Å². The molecule has 0 bridgehead atoms. The summed E-state index contributed by atoms with van der Waals surface area (Å²) in [6, 6.07) is 0. The van der Waals surface area contributed by atoms with E-state index in [-0.39, 0.29) is 6.54 Å². The number of carbonyl (C=O) groups is 1. The highest BCUT2D eigenvalue weighted by atomic mass is 16.1. The molecule has 0 spiro atoms. The number of hydrogen-bond acceptors (Lipinski definition) is 4. The monoisotopic (exact) mass is 183 g/mol. The number of aromatic nitrogens is 2. The quantitative estimate of drug-likeness (QED) is 0.624. The number of hydrogen-bond donors (Lipinski definition) is 2. The second-order valence-electron chi connectivity index (χ2n) is 2.90. The van der Waals surface area contributed by atoms with Gasteiger partial charge in [0.2, 0.25) is 5.91 Å². The Balaban J connectivity index is 2.81. The number of nitrogens with two attached hydrogens (primary N) is 2. The van der Waals surface area contributed by atoms with Crippen LogP contribution in [0.3, 0.4) is 0 Å². The van der Waals surface area contributed by atoms with E-state index in [9.17, 15) is 4.79 Å². The second kappa shape index (κ2) is 3.34. The summed E-state index contributed by atoms with van der Waals surface area (Å²) in [5, 5.41) is 4.07. The summed E-state index contributed by atoms with van der Waals surface area (Å²) in [7, 11) is 3.47. The number of amides is 1. The van der Waals surface area contributed by atoms with Gasteiger partial charge in [-0.25, -0.2) is 0 Å². The van der Waals surface area contributed by atoms with Gasteiger partial charge in [0.25, 0.3) is 0 Å². The SMILES string of the molecule is CN(CC(N)=O)c1nn(C)cc1N. The average Bonchev–Trinajstić information content (AvgIpc) is 2.28. The van der Waals surface area contributed by atoms with E-state index >= 15 is 0 Å². The zero-order valence-electron chi connectivity index (χ0n) is 7.69. The van der Waals surface area contributed by atoms with Crippen LogP contribution < -0.4 is 16.4 Å². The van der Waals surface area contributed by atoms with Crippen LogP contribution in [0, 0.1) is 0 Å². The third-order valence-corrected chi connectivity index (χ3v) is 1.59. The molecule has 0 saturated heterocycles. The Morgan fingerprint density at radius 1 is 1.77 bits per heavy atom. The van der Waals surface area contributed by atoms with Gasteiger partial charge in [0.15, 0.2) is 5.82 Å². The maximum absolute atomic E-state index is 10.6. The summed E-state index contributed by atoms with van der Waals surface area (Å²) < 4.78 is 1.59. The Kier molecular flexibility index (Phi) is 2.41. The van der Waals surface area contributed by atoms with E-state index < -0.39 is 5.91 Å². The van der Waals surface area contributed by atoms with E-state index in [2.05, 4.69) is 5.10 Å². The van der Waals surface area contributed by atoms with Crippen molar-refractivity contribution >= 4 is 17.4 Å². The summed E-state index contributed by atoms with van der Waals surface area (Å²) in [4.78, 5) is 12.2. The maximum atomic E-state index is 10.6. The Labute approximate surface area is 76.1 Å². The molecule has 6 heteroatoms. The highest BCUT2D eigenvalue weighted by molar-refractivity contribution is 5.80. The summed E-state index contributed by atoms with van der Waals surface area (Å²) in [5.74, 6) is 0.161. The van der Waals surface area contributed by atoms with Crippen LogP contribution in [0.25, 0.3) is 0 Å². The molecule has 0 saturated carbocycles. The smallest absolute Gasteiger partial charge is 0.236 e. The molecule has 4 N–H and O–H groups in total. The molecule has 0 aliphatic carbocycles. The molecule has 1 aromatic heterocycles. The lowest BCUT2D eigenvalue weighted by Crippen LogP contribution is -2.31. The molecule has 1 aromatic rings. The van der Waals surface area contributed by atoms with Crippen molar-refractivity contribution in [2.45, 2.75) is 0 Å². The molecule has 6 nitrogen and oxygen atoms in total. The van der Waals surface area contributed by atoms with E-state index in [0.29, 0.717) is 11.5 Å². The van der Waals surface area contributed by atoms with Crippen LogP contribution in [0.1, 0.15) is 0 Å². The van der Waals surface area contributed by atoms with Crippen LogP contribution in [0.4, 0.5) is 11.5 Å². The minimum Gasteiger partial charge on any atom is -0.394 e. The third kappa shape index (κ3) is 2.11. The molecule has 1 amide bonds. The number of aryl methyl sites for hydroxylation is 1. The van der Waals surface area contributed by atoms with Crippen LogP contribution in [-0.2, 0) is 11.8 Å². The topological polar surface area (TPSA) is 90.2 Å². The number of nitrogen functional groups attached to an aromatic ring is 1. The Bertz CT molecular complexity index is 319. The summed E-state index contributed by atoms with van der Waals surface area (Å²) in [6.45, 7) is 0.112. The first kappa shape index (κ1) is 9.37. The van der Waals surface area contributed by atoms with Gasteiger partial charge in [-0.05, 0) is 0 Å². The third-order valence-electron chi connectivity index (χ3n) is 1.59. The highest BCUT2D eigenvalue weighted by Gasteiger charge is 2.10. The van der Waals surface area contributed by atoms with Gasteiger partial charge >= 0.3 is 0 Å². The van der Waals surface area contributed by atoms with Gasteiger partial charge in [-0.2, -0.15) is 5.10 Å². The highest BCUT2D eigenvalue weighted by Crippen LogP contribution is 2.17. The average molecular weight is 183 g/mol. The molecule has 0 aromatic carbocycles. The minimum absolute atomic E-state index is 0.112. The Hall–Kier alpha value is -1.72. The molecule has 0 aliphatic rings. The number of anilines is 2.